The zero-order valence-electron chi connectivity index (χ0n) is 16.4. The molecule has 0 radical (unpaired) electrons. The van der Waals surface area contributed by atoms with Crippen LogP contribution in [-0.2, 0) is 23.5 Å². The van der Waals surface area contributed by atoms with Crippen molar-refractivity contribution in [3.8, 4) is 11.1 Å². The number of nitrogens with two attached hydrogens (primary N) is 1. The quantitative estimate of drug-likeness (QED) is 0.495. The summed E-state index contributed by atoms with van der Waals surface area (Å²) in [5.74, 6) is 6.02. The fraction of sp³-hybridized carbons (Fsp3) is 0.136. The van der Waals surface area contributed by atoms with Crippen LogP contribution in [0.2, 0.25) is 0 Å². The third kappa shape index (κ3) is 3.01. The molecule has 2 aromatic carbocycles. The number of hydrazine groups is 1. The van der Waals surface area contributed by atoms with Gasteiger partial charge in [-0.2, -0.15) is 0 Å². The number of fused-ring (bicyclic) bond motifs is 2. The zero-order valence-corrected chi connectivity index (χ0v) is 17.2. The van der Waals surface area contributed by atoms with Crippen LogP contribution in [0.25, 0.3) is 22.2 Å². The first kappa shape index (κ1) is 18.7. The number of benzene rings is 2. The summed E-state index contributed by atoms with van der Waals surface area (Å²) in [6.07, 6.45) is 4.48. The summed E-state index contributed by atoms with van der Waals surface area (Å²) in [5.41, 5.74) is 5.34. The van der Waals surface area contributed by atoms with Crippen LogP contribution in [0.5, 0.6) is 0 Å². The van der Waals surface area contributed by atoms with Crippen molar-refractivity contribution in [1.29, 1.82) is 0 Å². The predicted molar refractivity (Wildman–Crippen MR) is 119 cm³/mol. The Morgan fingerprint density at radius 1 is 1.10 bits per heavy atom. The lowest BCUT2D eigenvalue weighted by molar-refractivity contribution is 0.601. The van der Waals surface area contributed by atoms with Crippen molar-refractivity contribution in [2.75, 3.05) is 16.3 Å². The lowest BCUT2D eigenvalue weighted by Crippen LogP contribution is -2.27. The number of sulfonamides is 1. The van der Waals surface area contributed by atoms with Crippen molar-refractivity contribution in [2.24, 2.45) is 12.9 Å². The van der Waals surface area contributed by atoms with Gasteiger partial charge in [0.1, 0.15) is 5.65 Å². The van der Waals surface area contributed by atoms with Gasteiger partial charge in [0.05, 0.1) is 21.7 Å². The van der Waals surface area contributed by atoms with E-state index in [2.05, 4.69) is 15.8 Å². The summed E-state index contributed by atoms with van der Waals surface area (Å²) in [7, 11) is -1.82. The van der Waals surface area contributed by atoms with Gasteiger partial charge >= 0.3 is 0 Å². The molecule has 0 bridgehead atoms. The van der Waals surface area contributed by atoms with Crippen molar-refractivity contribution in [3.63, 3.8) is 0 Å². The Hall–Kier alpha value is -3.36. The Balaban J connectivity index is 1.65. The molecule has 4 aromatic rings. The van der Waals surface area contributed by atoms with E-state index in [0.29, 0.717) is 11.3 Å². The maximum atomic E-state index is 12.9. The van der Waals surface area contributed by atoms with E-state index in [9.17, 15) is 8.42 Å². The van der Waals surface area contributed by atoms with Crippen molar-refractivity contribution < 1.29 is 8.42 Å². The largest absolute Gasteiger partial charge is 0.335 e. The van der Waals surface area contributed by atoms with E-state index < -0.39 is 10.0 Å². The standard InChI is InChI=1S/C22H21N5O2S/c1-26-14-18(15-7-8-20-16(13-15)10-12-27(20)23)21-19(9-11-24-22(21)26)25-30(28,29)17-5-3-2-4-6-17/h2-9,11,13-14H,10,12,23H2,1H3,(H,24,25). The molecule has 3 heterocycles. The normalized spacial score (nSPS) is 13.6. The van der Waals surface area contributed by atoms with Gasteiger partial charge in [0.15, 0.2) is 0 Å². The highest BCUT2D eigenvalue weighted by molar-refractivity contribution is 7.92. The van der Waals surface area contributed by atoms with Crippen molar-refractivity contribution in [2.45, 2.75) is 11.3 Å². The SMILES string of the molecule is Cn1cc(-c2ccc3c(c2)CCN3N)c2c(NS(=O)(=O)c3ccccc3)ccnc21. The van der Waals surface area contributed by atoms with Crippen LogP contribution < -0.4 is 15.6 Å². The van der Waals surface area contributed by atoms with E-state index in [1.807, 2.05) is 29.9 Å². The minimum Gasteiger partial charge on any atom is -0.335 e. The molecular weight excluding hydrogens is 398 g/mol. The molecule has 1 aliphatic rings. The van der Waals surface area contributed by atoms with E-state index in [1.165, 1.54) is 5.56 Å². The Labute approximate surface area is 174 Å². The van der Waals surface area contributed by atoms with Crippen LogP contribution in [0.1, 0.15) is 5.56 Å². The topological polar surface area (TPSA) is 93.2 Å². The second-order valence-electron chi connectivity index (χ2n) is 7.42. The van der Waals surface area contributed by atoms with Crippen LogP contribution in [0.15, 0.2) is 71.9 Å². The molecule has 152 valence electrons. The lowest BCUT2D eigenvalue weighted by atomic mass is 10.0. The number of aromatic nitrogens is 2. The van der Waals surface area contributed by atoms with E-state index in [-0.39, 0.29) is 4.90 Å². The number of nitrogens with zero attached hydrogens (tertiary/aromatic N) is 3. The first-order valence-corrected chi connectivity index (χ1v) is 11.1. The lowest BCUT2D eigenvalue weighted by Gasteiger charge is -2.12. The number of aryl methyl sites for hydroxylation is 1. The van der Waals surface area contributed by atoms with E-state index >= 15 is 0 Å². The van der Waals surface area contributed by atoms with Gasteiger partial charge in [-0.25, -0.2) is 19.2 Å². The first-order chi connectivity index (χ1) is 14.4. The second kappa shape index (κ2) is 6.86. The molecule has 8 heteroatoms. The molecule has 0 atom stereocenters. The Bertz CT molecular complexity index is 1360. The van der Waals surface area contributed by atoms with Gasteiger partial charge in [-0.15, -0.1) is 0 Å². The molecule has 30 heavy (non-hydrogen) atoms. The van der Waals surface area contributed by atoms with Gasteiger partial charge in [0.25, 0.3) is 10.0 Å². The number of hydrogen-bond donors (Lipinski definition) is 2. The van der Waals surface area contributed by atoms with Crippen LogP contribution in [-0.4, -0.2) is 24.5 Å². The highest BCUT2D eigenvalue weighted by Gasteiger charge is 2.21. The highest BCUT2D eigenvalue weighted by Crippen LogP contribution is 2.38. The molecule has 0 unspecified atom stereocenters. The van der Waals surface area contributed by atoms with E-state index in [4.69, 9.17) is 5.84 Å². The molecule has 0 saturated heterocycles. The third-order valence-corrected chi connectivity index (χ3v) is 6.86. The summed E-state index contributed by atoms with van der Waals surface area (Å²) < 4.78 is 30.5. The molecule has 0 aliphatic carbocycles. The number of nitrogens with one attached hydrogen (secondary N) is 1. The summed E-state index contributed by atoms with van der Waals surface area (Å²) in [5, 5.41) is 2.52. The molecule has 7 nitrogen and oxygen atoms in total. The summed E-state index contributed by atoms with van der Waals surface area (Å²) in [6, 6.07) is 16.2. The fourth-order valence-electron chi connectivity index (χ4n) is 4.01. The average molecular weight is 420 g/mol. The maximum absolute atomic E-state index is 12.9. The number of hydrogen-bond acceptors (Lipinski definition) is 5. The zero-order chi connectivity index (χ0) is 20.9. The average Bonchev–Trinajstić information content (AvgIpc) is 3.29. The van der Waals surface area contributed by atoms with Crippen molar-refractivity contribution in [3.05, 3.63) is 72.6 Å². The van der Waals surface area contributed by atoms with Gasteiger partial charge in [0, 0.05) is 31.5 Å². The summed E-state index contributed by atoms with van der Waals surface area (Å²) in [4.78, 5) is 4.69. The van der Waals surface area contributed by atoms with Gasteiger partial charge in [-0.3, -0.25) is 4.72 Å². The molecule has 0 saturated carbocycles. The second-order valence-corrected chi connectivity index (χ2v) is 9.10. The fourth-order valence-corrected chi connectivity index (χ4v) is 5.10. The van der Waals surface area contributed by atoms with Crippen LogP contribution >= 0.6 is 0 Å². The molecular formula is C22H21N5O2S. The van der Waals surface area contributed by atoms with Crippen molar-refractivity contribution in [1.82, 2.24) is 9.55 Å². The molecule has 2 aromatic heterocycles. The molecule has 0 amide bonds. The Morgan fingerprint density at radius 3 is 2.70 bits per heavy atom. The van der Waals surface area contributed by atoms with Crippen LogP contribution in [0, 0.1) is 0 Å². The van der Waals surface area contributed by atoms with Gasteiger partial charge in [-0.05, 0) is 47.9 Å². The predicted octanol–water partition coefficient (Wildman–Crippen LogP) is 3.28. The summed E-state index contributed by atoms with van der Waals surface area (Å²) >= 11 is 0. The molecule has 0 fully saturated rings. The molecule has 3 N–H and O–H groups in total. The van der Waals surface area contributed by atoms with E-state index in [1.54, 1.807) is 47.6 Å². The Morgan fingerprint density at radius 2 is 1.90 bits per heavy atom. The Kier molecular flexibility index (Phi) is 4.27. The van der Waals surface area contributed by atoms with Crippen molar-refractivity contribution >= 4 is 32.4 Å². The van der Waals surface area contributed by atoms with Gasteiger partial charge in [0.2, 0.25) is 0 Å². The van der Waals surface area contributed by atoms with Crippen LogP contribution in [0.4, 0.5) is 11.4 Å². The number of rotatable bonds is 4. The molecule has 0 spiro atoms. The highest BCUT2D eigenvalue weighted by atomic mass is 32.2. The minimum absolute atomic E-state index is 0.216. The third-order valence-electron chi connectivity index (χ3n) is 5.48. The number of pyridine rings is 1. The molecule has 1 aliphatic heterocycles. The first-order valence-electron chi connectivity index (χ1n) is 9.61. The molecule has 5 rings (SSSR count). The minimum atomic E-state index is -3.72. The van der Waals surface area contributed by atoms with Gasteiger partial charge in [-0.1, -0.05) is 24.3 Å². The summed E-state index contributed by atoms with van der Waals surface area (Å²) in [6.45, 7) is 0.790. The van der Waals surface area contributed by atoms with Crippen LogP contribution in [0.3, 0.4) is 0 Å². The maximum Gasteiger partial charge on any atom is 0.261 e. The monoisotopic (exact) mass is 419 g/mol. The number of anilines is 2. The van der Waals surface area contributed by atoms with E-state index in [0.717, 1.165) is 35.2 Å². The smallest absolute Gasteiger partial charge is 0.261 e. The van der Waals surface area contributed by atoms with Gasteiger partial charge < -0.3 is 9.58 Å².